The summed E-state index contributed by atoms with van der Waals surface area (Å²) in [6.07, 6.45) is 3.05. The lowest BCUT2D eigenvalue weighted by Crippen LogP contribution is -2.12. The normalized spacial score (nSPS) is 11.2. The molecule has 1 aromatic carbocycles. The number of rotatable bonds is 4. The molecule has 96 valence electrons. The number of hydrogen-bond donors (Lipinski definition) is 2. The van der Waals surface area contributed by atoms with Gasteiger partial charge in [0.25, 0.3) is 10.0 Å². The molecule has 1 heterocycles. The Morgan fingerprint density at radius 1 is 1.17 bits per heavy atom. The van der Waals surface area contributed by atoms with Gasteiger partial charge in [0, 0.05) is 26.0 Å². The van der Waals surface area contributed by atoms with Crippen LogP contribution in [0, 0.1) is 0 Å². The first-order valence-corrected chi connectivity index (χ1v) is 6.79. The number of hydrogen-bond acceptors (Lipinski definition) is 4. The lowest BCUT2D eigenvalue weighted by Gasteiger charge is -2.06. The quantitative estimate of drug-likeness (QED) is 0.873. The molecule has 0 unspecified atom stereocenters. The van der Waals surface area contributed by atoms with Crippen LogP contribution in [0.15, 0.2) is 41.6 Å². The van der Waals surface area contributed by atoms with Crippen molar-refractivity contribution in [2.24, 2.45) is 7.05 Å². The van der Waals surface area contributed by atoms with Crippen LogP contribution in [-0.2, 0) is 17.1 Å². The number of anilines is 2. The summed E-state index contributed by atoms with van der Waals surface area (Å²) in [5.74, 6) is 0. The first-order chi connectivity index (χ1) is 8.51. The Morgan fingerprint density at radius 3 is 2.33 bits per heavy atom. The summed E-state index contributed by atoms with van der Waals surface area (Å²) in [4.78, 5) is 0.213. The molecule has 2 aromatic rings. The predicted octanol–water partition coefficient (Wildman–Crippen LogP) is 1.26. The monoisotopic (exact) mass is 266 g/mol. The maximum absolute atomic E-state index is 12.0. The van der Waals surface area contributed by atoms with Gasteiger partial charge in [0.1, 0.15) is 0 Å². The second kappa shape index (κ2) is 4.69. The standard InChI is InChI=1S/C11H14N4O2S/c1-12-9-3-5-11(6-4-9)18(16,17)14-10-7-13-15(2)8-10/h3-8,12,14H,1-2H3. The van der Waals surface area contributed by atoms with Crippen LogP contribution < -0.4 is 10.0 Å². The van der Waals surface area contributed by atoms with Crippen molar-refractivity contribution in [3.63, 3.8) is 0 Å². The van der Waals surface area contributed by atoms with E-state index in [1.807, 2.05) is 0 Å². The first-order valence-electron chi connectivity index (χ1n) is 5.30. The van der Waals surface area contributed by atoms with Crippen LogP contribution in [0.25, 0.3) is 0 Å². The van der Waals surface area contributed by atoms with E-state index >= 15 is 0 Å². The number of benzene rings is 1. The maximum Gasteiger partial charge on any atom is 0.261 e. The maximum atomic E-state index is 12.0. The molecular weight excluding hydrogens is 252 g/mol. The van der Waals surface area contributed by atoms with Crippen LogP contribution in [0.1, 0.15) is 0 Å². The summed E-state index contributed by atoms with van der Waals surface area (Å²) in [5.41, 5.74) is 1.30. The molecule has 7 heteroatoms. The van der Waals surface area contributed by atoms with Gasteiger partial charge in [0.2, 0.25) is 0 Å². The van der Waals surface area contributed by atoms with E-state index in [-0.39, 0.29) is 4.90 Å². The second-order valence-electron chi connectivity index (χ2n) is 3.78. The summed E-state index contributed by atoms with van der Waals surface area (Å²) < 4.78 is 28.1. The fraction of sp³-hybridized carbons (Fsp3) is 0.182. The van der Waals surface area contributed by atoms with Gasteiger partial charge in [-0.15, -0.1) is 0 Å². The van der Waals surface area contributed by atoms with Crippen molar-refractivity contribution >= 4 is 21.4 Å². The molecule has 0 spiro atoms. The van der Waals surface area contributed by atoms with Crippen LogP contribution in [0.3, 0.4) is 0 Å². The zero-order valence-corrected chi connectivity index (χ0v) is 10.9. The summed E-state index contributed by atoms with van der Waals surface area (Å²) in [5, 5.41) is 6.83. The van der Waals surface area contributed by atoms with E-state index in [1.54, 1.807) is 44.6 Å². The van der Waals surface area contributed by atoms with Crippen molar-refractivity contribution in [1.82, 2.24) is 9.78 Å². The highest BCUT2D eigenvalue weighted by atomic mass is 32.2. The Morgan fingerprint density at radius 2 is 1.83 bits per heavy atom. The molecule has 0 saturated carbocycles. The molecule has 0 saturated heterocycles. The van der Waals surface area contributed by atoms with Gasteiger partial charge >= 0.3 is 0 Å². The zero-order chi connectivity index (χ0) is 13.2. The van der Waals surface area contributed by atoms with E-state index in [0.717, 1.165) is 5.69 Å². The van der Waals surface area contributed by atoms with E-state index in [4.69, 9.17) is 0 Å². The van der Waals surface area contributed by atoms with Gasteiger partial charge in [-0.25, -0.2) is 8.42 Å². The van der Waals surface area contributed by atoms with Crippen molar-refractivity contribution < 1.29 is 8.42 Å². The Kier molecular flexibility index (Phi) is 3.24. The lowest BCUT2D eigenvalue weighted by atomic mass is 10.3. The van der Waals surface area contributed by atoms with E-state index in [0.29, 0.717) is 5.69 Å². The third kappa shape index (κ3) is 2.62. The summed E-state index contributed by atoms with van der Waals surface area (Å²) >= 11 is 0. The zero-order valence-electron chi connectivity index (χ0n) is 10.1. The molecule has 0 radical (unpaired) electrons. The summed E-state index contributed by atoms with van der Waals surface area (Å²) in [6.45, 7) is 0. The largest absolute Gasteiger partial charge is 0.388 e. The van der Waals surface area contributed by atoms with Crippen LogP contribution >= 0.6 is 0 Å². The van der Waals surface area contributed by atoms with Gasteiger partial charge < -0.3 is 5.32 Å². The van der Waals surface area contributed by atoms with Crippen molar-refractivity contribution in [2.75, 3.05) is 17.1 Å². The van der Waals surface area contributed by atoms with Gasteiger partial charge in [0.05, 0.1) is 16.8 Å². The van der Waals surface area contributed by atoms with Crippen molar-refractivity contribution in [3.05, 3.63) is 36.7 Å². The van der Waals surface area contributed by atoms with Crippen molar-refractivity contribution in [2.45, 2.75) is 4.90 Å². The van der Waals surface area contributed by atoms with E-state index < -0.39 is 10.0 Å². The van der Waals surface area contributed by atoms with Crippen LogP contribution in [0.4, 0.5) is 11.4 Å². The average Bonchev–Trinajstić information content (AvgIpc) is 2.74. The minimum atomic E-state index is -3.56. The number of aromatic nitrogens is 2. The van der Waals surface area contributed by atoms with E-state index in [9.17, 15) is 8.42 Å². The Labute approximate surface area is 106 Å². The molecule has 0 atom stereocenters. The number of sulfonamides is 1. The number of aryl methyl sites for hydroxylation is 1. The Hall–Kier alpha value is -2.02. The molecule has 6 nitrogen and oxygen atoms in total. The molecular formula is C11H14N4O2S. The average molecular weight is 266 g/mol. The minimum absolute atomic E-state index is 0.213. The molecule has 2 N–H and O–H groups in total. The fourth-order valence-electron chi connectivity index (χ4n) is 1.49. The van der Waals surface area contributed by atoms with Crippen molar-refractivity contribution in [3.8, 4) is 0 Å². The van der Waals surface area contributed by atoms with Crippen LogP contribution in [0.2, 0.25) is 0 Å². The molecule has 0 aliphatic heterocycles. The predicted molar refractivity (Wildman–Crippen MR) is 70.0 cm³/mol. The molecule has 0 amide bonds. The Bertz CT molecular complexity index is 631. The van der Waals surface area contributed by atoms with Crippen molar-refractivity contribution in [1.29, 1.82) is 0 Å². The molecule has 0 aliphatic carbocycles. The van der Waals surface area contributed by atoms with Crippen LogP contribution in [0.5, 0.6) is 0 Å². The van der Waals surface area contributed by atoms with E-state index in [1.165, 1.54) is 10.9 Å². The van der Waals surface area contributed by atoms with Gasteiger partial charge in [0.15, 0.2) is 0 Å². The van der Waals surface area contributed by atoms with Gasteiger partial charge in [-0.3, -0.25) is 9.40 Å². The molecule has 2 rings (SSSR count). The van der Waals surface area contributed by atoms with E-state index in [2.05, 4.69) is 15.1 Å². The smallest absolute Gasteiger partial charge is 0.261 e. The van der Waals surface area contributed by atoms with Gasteiger partial charge in [-0.2, -0.15) is 5.10 Å². The summed E-state index contributed by atoms with van der Waals surface area (Å²) in [7, 11) is -0.0592. The Balaban J connectivity index is 2.24. The fourth-order valence-corrected chi connectivity index (χ4v) is 2.52. The third-order valence-electron chi connectivity index (χ3n) is 2.41. The van der Waals surface area contributed by atoms with Crippen LogP contribution in [-0.4, -0.2) is 25.2 Å². The number of nitrogens with one attached hydrogen (secondary N) is 2. The lowest BCUT2D eigenvalue weighted by molar-refractivity contribution is 0.601. The molecule has 0 fully saturated rings. The number of nitrogens with zero attached hydrogens (tertiary/aromatic N) is 2. The topological polar surface area (TPSA) is 76.0 Å². The summed E-state index contributed by atoms with van der Waals surface area (Å²) in [6, 6.07) is 6.50. The molecule has 18 heavy (non-hydrogen) atoms. The molecule has 0 bridgehead atoms. The highest BCUT2D eigenvalue weighted by Crippen LogP contribution is 2.17. The van der Waals surface area contributed by atoms with Gasteiger partial charge in [-0.1, -0.05) is 0 Å². The molecule has 0 aliphatic rings. The highest BCUT2D eigenvalue weighted by molar-refractivity contribution is 7.92. The second-order valence-corrected chi connectivity index (χ2v) is 5.46. The highest BCUT2D eigenvalue weighted by Gasteiger charge is 2.14. The van der Waals surface area contributed by atoms with Gasteiger partial charge in [-0.05, 0) is 24.3 Å². The molecule has 1 aromatic heterocycles. The third-order valence-corrected chi connectivity index (χ3v) is 3.81. The minimum Gasteiger partial charge on any atom is -0.388 e. The first kappa shape index (κ1) is 12.4. The SMILES string of the molecule is CNc1ccc(S(=O)(=O)Nc2cnn(C)c2)cc1.